The van der Waals surface area contributed by atoms with E-state index in [9.17, 15) is 0 Å². The summed E-state index contributed by atoms with van der Waals surface area (Å²) in [7, 11) is 1.65. The van der Waals surface area contributed by atoms with Crippen LogP contribution in [0.15, 0.2) is 55.2 Å². The van der Waals surface area contributed by atoms with E-state index in [1.54, 1.807) is 25.6 Å². The Hall–Kier alpha value is -1.99. The number of ether oxygens (including phenoxy) is 2. The zero-order valence-corrected chi connectivity index (χ0v) is 18.5. The van der Waals surface area contributed by atoms with E-state index in [-0.39, 0.29) is 24.8 Å². The van der Waals surface area contributed by atoms with Crippen LogP contribution in [0.25, 0.3) is 0 Å². The Balaban J connectivity index is 0.00000210. The fourth-order valence-corrected chi connectivity index (χ4v) is 2.74. The zero-order valence-electron chi connectivity index (χ0n) is 16.1. The first kappa shape index (κ1) is 25.0. The van der Waals surface area contributed by atoms with E-state index >= 15 is 0 Å². The van der Waals surface area contributed by atoms with Gasteiger partial charge in [-0.3, -0.25) is 0 Å². The molecule has 0 unspecified atom stereocenters. The molecule has 2 heterocycles. The van der Waals surface area contributed by atoms with E-state index in [0.29, 0.717) is 17.5 Å². The number of methoxy groups -OCH3 is 1. The molecule has 0 atom stereocenters. The molecule has 1 aromatic carbocycles. The van der Waals surface area contributed by atoms with Gasteiger partial charge in [0.1, 0.15) is 11.8 Å². The smallest absolute Gasteiger partial charge is 0.161 e. The van der Waals surface area contributed by atoms with Gasteiger partial charge in [0.2, 0.25) is 0 Å². The van der Waals surface area contributed by atoms with Crippen LogP contribution in [0.5, 0.6) is 11.5 Å². The molecule has 0 saturated heterocycles. The van der Waals surface area contributed by atoms with Crippen LogP contribution < -0.4 is 14.8 Å². The molecule has 6 nitrogen and oxygen atoms in total. The molecule has 29 heavy (non-hydrogen) atoms. The predicted molar refractivity (Wildman–Crippen MR) is 120 cm³/mol. The first-order valence-electron chi connectivity index (χ1n) is 8.81. The summed E-state index contributed by atoms with van der Waals surface area (Å²) in [6.07, 6.45) is 8.36. The lowest BCUT2D eigenvalue weighted by Crippen LogP contribution is -2.16. The maximum atomic E-state index is 5.86. The van der Waals surface area contributed by atoms with Gasteiger partial charge >= 0.3 is 0 Å². The van der Waals surface area contributed by atoms with Gasteiger partial charge in [-0.05, 0) is 36.7 Å². The highest BCUT2D eigenvalue weighted by molar-refractivity contribution is 6.29. The van der Waals surface area contributed by atoms with Crippen molar-refractivity contribution in [2.24, 2.45) is 0 Å². The van der Waals surface area contributed by atoms with Gasteiger partial charge in [0, 0.05) is 37.2 Å². The Morgan fingerprint density at radius 2 is 1.93 bits per heavy atom. The summed E-state index contributed by atoms with van der Waals surface area (Å²) in [6, 6.07) is 9.62. The molecule has 9 heteroatoms. The third-order valence-electron chi connectivity index (χ3n) is 4.07. The minimum absolute atomic E-state index is 0. The van der Waals surface area contributed by atoms with Gasteiger partial charge in [0.25, 0.3) is 0 Å². The molecule has 0 fully saturated rings. The molecule has 0 aliphatic carbocycles. The van der Waals surface area contributed by atoms with Gasteiger partial charge in [-0.25, -0.2) is 9.97 Å². The average molecular weight is 460 g/mol. The molecule has 0 aliphatic rings. The Labute approximate surface area is 188 Å². The number of aromatic nitrogens is 3. The largest absolute Gasteiger partial charge is 0.493 e. The van der Waals surface area contributed by atoms with Crippen LogP contribution in [0.4, 0.5) is 0 Å². The van der Waals surface area contributed by atoms with Crippen LogP contribution in [0.3, 0.4) is 0 Å². The second kappa shape index (κ2) is 13.3. The van der Waals surface area contributed by atoms with Crippen molar-refractivity contribution in [2.45, 2.75) is 26.1 Å². The van der Waals surface area contributed by atoms with Crippen LogP contribution in [0.2, 0.25) is 5.15 Å². The third-order valence-corrected chi connectivity index (χ3v) is 4.29. The van der Waals surface area contributed by atoms with Crippen molar-refractivity contribution in [3.63, 3.8) is 0 Å². The number of nitrogens with one attached hydrogen (secondary N) is 1. The van der Waals surface area contributed by atoms with Crippen molar-refractivity contribution in [1.82, 2.24) is 19.9 Å². The Morgan fingerprint density at radius 1 is 1.10 bits per heavy atom. The van der Waals surface area contributed by atoms with E-state index in [4.69, 9.17) is 21.1 Å². The third kappa shape index (κ3) is 8.11. The lowest BCUT2D eigenvalue weighted by atomic mass is 10.2. The summed E-state index contributed by atoms with van der Waals surface area (Å²) < 4.78 is 13.4. The predicted octanol–water partition coefficient (Wildman–Crippen LogP) is 4.54. The monoisotopic (exact) mass is 458 g/mol. The van der Waals surface area contributed by atoms with E-state index in [2.05, 4.69) is 19.9 Å². The second-order valence-corrected chi connectivity index (χ2v) is 6.48. The molecular weight excluding hydrogens is 435 g/mol. The van der Waals surface area contributed by atoms with Gasteiger partial charge in [-0.2, -0.15) is 0 Å². The Kier molecular flexibility index (Phi) is 11.5. The Bertz CT molecular complexity index is 830. The number of hydrogen-bond donors (Lipinski definition) is 1. The van der Waals surface area contributed by atoms with Gasteiger partial charge in [0.15, 0.2) is 11.5 Å². The van der Waals surface area contributed by atoms with E-state index < -0.39 is 0 Å². The summed E-state index contributed by atoms with van der Waals surface area (Å²) in [5, 5.41) is 3.92. The number of aryl methyl sites for hydroxylation is 1. The fraction of sp³-hybridized carbons (Fsp3) is 0.300. The second-order valence-electron chi connectivity index (χ2n) is 6.09. The number of halogens is 3. The molecule has 3 rings (SSSR count). The van der Waals surface area contributed by atoms with Crippen LogP contribution in [0.1, 0.15) is 17.5 Å². The zero-order chi connectivity index (χ0) is 18.9. The summed E-state index contributed by atoms with van der Waals surface area (Å²) in [5.74, 6) is 1.42. The average Bonchev–Trinajstić information content (AvgIpc) is 3.21. The first-order chi connectivity index (χ1) is 13.2. The van der Waals surface area contributed by atoms with E-state index in [0.717, 1.165) is 42.9 Å². The minimum Gasteiger partial charge on any atom is -0.493 e. The standard InChI is InChI=1S/C20H23ClN4O2.2ClH/c1-26-19-11-16(12-22-7-2-9-25-10-8-23-15-25)3-5-18(19)27-14-17-4-6-20(21)24-13-17;;/h3-6,8,10-11,13,15,22H,2,7,9,12,14H2,1H3;2*1H. The highest BCUT2D eigenvalue weighted by atomic mass is 35.5. The highest BCUT2D eigenvalue weighted by Crippen LogP contribution is 2.28. The molecule has 0 saturated carbocycles. The van der Waals surface area contributed by atoms with Gasteiger partial charge in [-0.1, -0.05) is 23.7 Å². The van der Waals surface area contributed by atoms with Gasteiger partial charge in [-0.15, -0.1) is 24.8 Å². The quantitative estimate of drug-likeness (QED) is 0.356. The van der Waals surface area contributed by atoms with Crippen LogP contribution in [-0.2, 0) is 19.7 Å². The lowest BCUT2D eigenvalue weighted by Gasteiger charge is -2.13. The fourth-order valence-electron chi connectivity index (χ4n) is 2.63. The number of imidazole rings is 1. The van der Waals surface area contributed by atoms with Crippen molar-refractivity contribution < 1.29 is 9.47 Å². The summed E-state index contributed by atoms with van der Waals surface area (Å²) in [5.41, 5.74) is 2.10. The van der Waals surface area contributed by atoms with Crippen molar-refractivity contribution in [3.8, 4) is 11.5 Å². The first-order valence-corrected chi connectivity index (χ1v) is 9.19. The van der Waals surface area contributed by atoms with Crippen molar-refractivity contribution in [3.05, 3.63) is 71.5 Å². The number of rotatable bonds is 10. The molecule has 0 bridgehead atoms. The molecule has 3 aromatic rings. The molecule has 0 aliphatic heterocycles. The molecule has 0 amide bonds. The van der Waals surface area contributed by atoms with Crippen LogP contribution in [-0.4, -0.2) is 28.2 Å². The minimum atomic E-state index is 0. The van der Waals surface area contributed by atoms with Crippen molar-refractivity contribution >= 4 is 36.4 Å². The number of hydrogen-bond acceptors (Lipinski definition) is 5. The molecule has 0 spiro atoms. The maximum Gasteiger partial charge on any atom is 0.161 e. The lowest BCUT2D eigenvalue weighted by molar-refractivity contribution is 0.284. The topological polar surface area (TPSA) is 61.2 Å². The summed E-state index contributed by atoms with van der Waals surface area (Å²) >= 11 is 5.80. The van der Waals surface area contributed by atoms with Crippen molar-refractivity contribution in [1.29, 1.82) is 0 Å². The number of benzene rings is 1. The summed E-state index contributed by atoms with van der Waals surface area (Å²) in [4.78, 5) is 8.10. The van der Waals surface area contributed by atoms with Gasteiger partial charge in [0.05, 0.1) is 13.4 Å². The molecule has 0 radical (unpaired) electrons. The van der Waals surface area contributed by atoms with Crippen LogP contribution in [0, 0.1) is 0 Å². The van der Waals surface area contributed by atoms with Crippen LogP contribution >= 0.6 is 36.4 Å². The normalized spacial score (nSPS) is 10.0. The molecule has 1 N–H and O–H groups in total. The maximum absolute atomic E-state index is 5.86. The number of nitrogens with zero attached hydrogens (tertiary/aromatic N) is 3. The van der Waals surface area contributed by atoms with E-state index in [1.807, 2.05) is 36.8 Å². The Morgan fingerprint density at radius 3 is 2.62 bits per heavy atom. The number of pyridine rings is 1. The molecular formula is C20H25Cl3N4O2. The SMILES string of the molecule is COc1cc(CNCCCn2ccnc2)ccc1OCc1ccc(Cl)nc1.Cl.Cl. The van der Waals surface area contributed by atoms with Gasteiger partial charge < -0.3 is 19.4 Å². The molecule has 158 valence electrons. The molecule has 2 aromatic heterocycles. The highest BCUT2D eigenvalue weighted by Gasteiger charge is 2.07. The van der Waals surface area contributed by atoms with Crippen molar-refractivity contribution in [2.75, 3.05) is 13.7 Å². The summed E-state index contributed by atoms with van der Waals surface area (Å²) in [6.45, 7) is 3.08. The van der Waals surface area contributed by atoms with E-state index in [1.165, 1.54) is 0 Å².